The van der Waals surface area contributed by atoms with E-state index in [0.29, 0.717) is 11.7 Å². The number of anilines is 1. The fourth-order valence-corrected chi connectivity index (χ4v) is 5.13. The maximum Gasteiger partial charge on any atom is 0.233 e. The van der Waals surface area contributed by atoms with Crippen molar-refractivity contribution in [1.82, 2.24) is 4.98 Å². The van der Waals surface area contributed by atoms with Gasteiger partial charge in [0, 0.05) is 6.26 Å². The number of nitrogens with zero attached hydrogens (tertiary/aromatic N) is 2. The fraction of sp³-hybridized carbons (Fsp3) is 0.200. The van der Waals surface area contributed by atoms with Crippen molar-refractivity contribution in [3.05, 3.63) is 89.0 Å². The van der Waals surface area contributed by atoms with Gasteiger partial charge in [0.25, 0.3) is 0 Å². The van der Waals surface area contributed by atoms with Gasteiger partial charge in [0.1, 0.15) is 0 Å². The second kappa shape index (κ2) is 8.84. The first-order chi connectivity index (χ1) is 15.2. The Morgan fingerprint density at radius 1 is 0.938 bits per heavy atom. The van der Waals surface area contributed by atoms with Gasteiger partial charge in [0.2, 0.25) is 5.91 Å². The van der Waals surface area contributed by atoms with Crippen LogP contribution in [-0.2, 0) is 27.6 Å². The molecule has 0 aliphatic heterocycles. The molecule has 164 valence electrons. The molecule has 0 N–H and O–H groups in total. The van der Waals surface area contributed by atoms with Crippen LogP contribution in [-0.4, -0.2) is 25.6 Å². The van der Waals surface area contributed by atoms with Gasteiger partial charge in [-0.15, -0.1) is 0 Å². The summed E-state index contributed by atoms with van der Waals surface area (Å²) in [7, 11) is -3.27. The van der Waals surface area contributed by atoms with Gasteiger partial charge in [-0.05, 0) is 60.4 Å². The smallest absolute Gasteiger partial charge is 0.233 e. The van der Waals surface area contributed by atoms with Crippen molar-refractivity contribution in [3.8, 4) is 0 Å². The number of thiazole rings is 1. The first-order valence-corrected chi connectivity index (χ1v) is 12.9. The molecular weight excluding hydrogens is 440 g/mol. The van der Waals surface area contributed by atoms with Crippen molar-refractivity contribution < 1.29 is 13.2 Å². The summed E-state index contributed by atoms with van der Waals surface area (Å²) < 4.78 is 24.5. The molecule has 0 bridgehead atoms. The van der Waals surface area contributed by atoms with Crippen LogP contribution in [0, 0.1) is 13.8 Å². The van der Waals surface area contributed by atoms with Crippen LogP contribution in [0.4, 0.5) is 5.13 Å². The Labute approximate surface area is 192 Å². The zero-order valence-corrected chi connectivity index (χ0v) is 19.8. The van der Waals surface area contributed by atoms with E-state index in [1.807, 2.05) is 30.3 Å². The van der Waals surface area contributed by atoms with Gasteiger partial charge < -0.3 is 0 Å². The third-order valence-electron chi connectivity index (χ3n) is 5.41. The molecular formula is C25H24N2O3S2. The third-order valence-corrected chi connectivity index (χ3v) is 7.58. The molecule has 4 rings (SSSR count). The van der Waals surface area contributed by atoms with E-state index in [1.165, 1.54) is 28.7 Å². The first-order valence-electron chi connectivity index (χ1n) is 10.2. The maximum atomic E-state index is 13.4. The summed E-state index contributed by atoms with van der Waals surface area (Å²) in [4.78, 5) is 20.1. The Morgan fingerprint density at radius 3 is 2.25 bits per heavy atom. The summed E-state index contributed by atoms with van der Waals surface area (Å²) in [6.45, 7) is 4.54. The van der Waals surface area contributed by atoms with Crippen molar-refractivity contribution >= 4 is 42.4 Å². The monoisotopic (exact) mass is 464 g/mol. The highest BCUT2D eigenvalue weighted by Crippen LogP contribution is 2.32. The number of amides is 1. The van der Waals surface area contributed by atoms with Crippen LogP contribution in [0.25, 0.3) is 10.2 Å². The minimum atomic E-state index is -3.27. The van der Waals surface area contributed by atoms with Crippen LogP contribution in [0.15, 0.2) is 71.6 Å². The topological polar surface area (TPSA) is 67.3 Å². The van der Waals surface area contributed by atoms with Crippen LogP contribution < -0.4 is 4.90 Å². The van der Waals surface area contributed by atoms with E-state index in [0.717, 1.165) is 21.3 Å². The molecule has 5 nitrogen and oxygen atoms in total. The highest BCUT2D eigenvalue weighted by atomic mass is 32.2. The first kappa shape index (κ1) is 22.2. The molecule has 0 unspecified atom stereocenters. The van der Waals surface area contributed by atoms with Gasteiger partial charge in [-0.25, -0.2) is 13.4 Å². The quantitative estimate of drug-likeness (QED) is 0.398. The van der Waals surface area contributed by atoms with Crippen molar-refractivity contribution in [1.29, 1.82) is 0 Å². The lowest BCUT2D eigenvalue weighted by atomic mass is 10.1. The number of carbonyl (C=O) groups is 1. The van der Waals surface area contributed by atoms with E-state index < -0.39 is 9.84 Å². The lowest BCUT2D eigenvalue weighted by Gasteiger charge is -2.20. The second-order valence-electron chi connectivity index (χ2n) is 7.96. The Bertz CT molecular complexity index is 1340. The van der Waals surface area contributed by atoms with Gasteiger partial charge in [-0.1, -0.05) is 53.8 Å². The number of sulfone groups is 1. The zero-order chi connectivity index (χ0) is 22.9. The lowest BCUT2D eigenvalue weighted by Crippen LogP contribution is -2.31. The molecule has 0 atom stereocenters. The number of benzene rings is 3. The largest absolute Gasteiger partial charge is 0.283 e. The van der Waals surface area contributed by atoms with Gasteiger partial charge >= 0.3 is 0 Å². The van der Waals surface area contributed by atoms with Gasteiger partial charge in [-0.3, -0.25) is 9.69 Å². The molecule has 1 amide bonds. The average Bonchev–Trinajstić information content (AvgIpc) is 3.15. The molecule has 4 aromatic rings. The van der Waals surface area contributed by atoms with E-state index in [2.05, 4.69) is 26.0 Å². The predicted octanol–water partition coefficient (Wildman–Crippen LogP) is 5.09. The SMILES string of the molecule is Cc1cc2nc(N(Cc3ccccc3)C(=O)Cc3ccc(S(C)(=O)=O)cc3)sc2cc1C. The number of hydrogen-bond donors (Lipinski definition) is 0. The molecule has 3 aromatic carbocycles. The van der Waals surface area contributed by atoms with Gasteiger partial charge in [0.15, 0.2) is 15.0 Å². The molecule has 0 aliphatic carbocycles. The summed E-state index contributed by atoms with van der Waals surface area (Å²) in [5.74, 6) is -0.0894. The van der Waals surface area contributed by atoms with E-state index >= 15 is 0 Å². The zero-order valence-electron chi connectivity index (χ0n) is 18.2. The average molecular weight is 465 g/mol. The molecule has 0 spiro atoms. The molecule has 0 aliphatic rings. The highest BCUT2D eigenvalue weighted by Gasteiger charge is 2.21. The normalized spacial score (nSPS) is 11.6. The number of aryl methyl sites for hydroxylation is 2. The van der Waals surface area contributed by atoms with Gasteiger partial charge in [-0.2, -0.15) is 0 Å². The number of aromatic nitrogens is 1. The van der Waals surface area contributed by atoms with Crippen LogP contribution in [0.3, 0.4) is 0 Å². The summed E-state index contributed by atoms with van der Waals surface area (Å²) in [6, 6.07) is 20.5. The molecule has 32 heavy (non-hydrogen) atoms. The summed E-state index contributed by atoms with van der Waals surface area (Å²) >= 11 is 1.51. The molecule has 0 saturated carbocycles. The van der Waals surface area contributed by atoms with Crippen molar-refractivity contribution in [2.24, 2.45) is 0 Å². The third kappa shape index (κ3) is 4.89. The van der Waals surface area contributed by atoms with Gasteiger partial charge in [0.05, 0.1) is 28.1 Å². The van der Waals surface area contributed by atoms with E-state index in [4.69, 9.17) is 4.98 Å². The van der Waals surface area contributed by atoms with Crippen molar-refractivity contribution in [2.45, 2.75) is 31.7 Å². The Morgan fingerprint density at radius 2 is 1.59 bits per heavy atom. The second-order valence-corrected chi connectivity index (χ2v) is 11.0. The minimum Gasteiger partial charge on any atom is -0.283 e. The number of fused-ring (bicyclic) bond motifs is 1. The molecule has 7 heteroatoms. The molecule has 1 heterocycles. The fourth-order valence-electron chi connectivity index (χ4n) is 3.44. The highest BCUT2D eigenvalue weighted by molar-refractivity contribution is 7.90. The standard InChI is InChI=1S/C25H24N2O3S2/c1-17-13-22-23(14-18(17)2)31-25(26-22)27(16-20-7-5-4-6-8-20)24(28)15-19-9-11-21(12-10-19)32(3,29)30/h4-14H,15-16H2,1-3H3. The van der Waals surface area contributed by atoms with Crippen LogP contribution in [0.2, 0.25) is 0 Å². The molecule has 0 fully saturated rings. The number of carbonyl (C=O) groups excluding carboxylic acids is 1. The predicted molar refractivity (Wildman–Crippen MR) is 130 cm³/mol. The van der Waals surface area contributed by atoms with E-state index in [-0.39, 0.29) is 17.2 Å². The molecule has 0 radical (unpaired) electrons. The van der Waals surface area contributed by atoms with Crippen molar-refractivity contribution in [3.63, 3.8) is 0 Å². The van der Waals surface area contributed by atoms with E-state index in [9.17, 15) is 13.2 Å². The Kier molecular flexibility index (Phi) is 6.13. The Hall–Kier alpha value is -3.03. The van der Waals surface area contributed by atoms with Crippen molar-refractivity contribution in [2.75, 3.05) is 11.2 Å². The van der Waals surface area contributed by atoms with Crippen LogP contribution in [0.5, 0.6) is 0 Å². The number of hydrogen-bond acceptors (Lipinski definition) is 5. The Balaban J connectivity index is 1.67. The summed E-state index contributed by atoms with van der Waals surface area (Å²) in [5.41, 5.74) is 5.02. The van der Waals surface area contributed by atoms with Crippen LogP contribution in [0.1, 0.15) is 22.3 Å². The minimum absolute atomic E-state index is 0.0894. The maximum absolute atomic E-state index is 13.4. The van der Waals surface area contributed by atoms with Crippen LogP contribution >= 0.6 is 11.3 Å². The summed E-state index contributed by atoms with van der Waals surface area (Å²) in [5, 5.41) is 0.659. The number of rotatable bonds is 6. The summed E-state index contributed by atoms with van der Waals surface area (Å²) in [6.07, 6.45) is 1.33. The molecule has 0 saturated heterocycles. The van der Waals surface area contributed by atoms with E-state index in [1.54, 1.807) is 29.2 Å². The lowest BCUT2D eigenvalue weighted by molar-refractivity contribution is -0.118. The molecule has 1 aromatic heterocycles.